The Balaban J connectivity index is 2.26. The normalized spacial score (nSPS) is 25.4. The Morgan fingerprint density at radius 2 is 2.06 bits per heavy atom. The van der Waals surface area contributed by atoms with Crippen molar-refractivity contribution in [3.8, 4) is 0 Å². The molecule has 0 aromatic heterocycles. The van der Waals surface area contributed by atoms with E-state index in [1.54, 1.807) is 0 Å². The first-order valence-corrected chi connectivity index (χ1v) is 7.19. The molecule has 106 valence electrons. The van der Waals surface area contributed by atoms with E-state index in [0.717, 1.165) is 32.2 Å². The molecule has 0 spiro atoms. The van der Waals surface area contributed by atoms with Crippen LogP contribution in [0.25, 0.3) is 0 Å². The van der Waals surface area contributed by atoms with E-state index in [1.807, 2.05) is 6.92 Å². The third kappa shape index (κ3) is 4.94. The van der Waals surface area contributed by atoms with Crippen LogP contribution in [0.5, 0.6) is 0 Å². The average molecular weight is 256 g/mol. The average Bonchev–Trinajstić information content (AvgIpc) is 2.75. The van der Waals surface area contributed by atoms with Crippen molar-refractivity contribution in [3.05, 3.63) is 0 Å². The summed E-state index contributed by atoms with van der Waals surface area (Å²) in [5.41, 5.74) is 0. The third-order valence-electron chi connectivity index (χ3n) is 3.77. The van der Waals surface area contributed by atoms with Crippen molar-refractivity contribution in [2.24, 2.45) is 11.8 Å². The van der Waals surface area contributed by atoms with Crippen molar-refractivity contribution in [2.45, 2.75) is 58.5 Å². The minimum Gasteiger partial charge on any atom is -0.396 e. The molecule has 3 atom stereocenters. The summed E-state index contributed by atoms with van der Waals surface area (Å²) in [6.07, 6.45) is 4.29. The van der Waals surface area contributed by atoms with Gasteiger partial charge in [-0.05, 0) is 38.0 Å². The summed E-state index contributed by atoms with van der Waals surface area (Å²) in [5, 5.41) is 15.6. The maximum absolute atomic E-state index is 11.9. The summed E-state index contributed by atoms with van der Waals surface area (Å²) in [6.45, 7) is 7.17. The van der Waals surface area contributed by atoms with Crippen molar-refractivity contribution >= 4 is 5.91 Å². The molecule has 0 bridgehead atoms. The number of nitrogens with one attached hydrogen (secondary N) is 2. The number of hydrogen-bond acceptors (Lipinski definition) is 3. The summed E-state index contributed by atoms with van der Waals surface area (Å²) < 4.78 is 0. The Morgan fingerprint density at radius 3 is 2.67 bits per heavy atom. The first kappa shape index (κ1) is 15.4. The van der Waals surface area contributed by atoms with E-state index in [-0.39, 0.29) is 18.6 Å². The van der Waals surface area contributed by atoms with Crippen molar-refractivity contribution in [1.29, 1.82) is 0 Å². The molecule has 1 saturated carbocycles. The van der Waals surface area contributed by atoms with Gasteiger partial charge in [-0.3, -0.25) is 4.79 Å². The number of carbonyl (C=O) groups is 1. The van der Waals surface area contributed by atoms with Gasteiger partial charge in [-0.1, -0.05) is 20.3 Å². The molecule has 0 heterocycles. The second-order valence-electron chi connectivity index (χ2n) is 5.84. The van der Waals surface area contributed by atoms with Gasteiger partial charge in [0.15, 0.2) is 0 Å². The molecule has 0 aromatic rings. The molecule has 4 nitrogen and oxygen atoms in total. The molecule has 1 aliphatic rings. The van der Waals surface area contributed by atoms with E-state index in [1.165, 1.54) is 0 Å². The van der Waals surface area contributed by atoms with Crippen molar-refractivity contribution < 1.29 is 9.90 Å². The van der Waals surface area contributed by atoms with E-state index >= 15 is 0 Å². The molecule has 3 unspecified atom stereocenters. The standard InChI is InChI=1S/C14H28N2O2/c1-10(2)7-8-15-14(18)11(3)16-13-6-4-5-12(13)9-17/h10-13,16-17H,4-9H2,1-3H3,(H,15,18). The Morgan fingerprint density at radius 1 is 1.33 bits per heavy atom. The fraction of sp³-hybridized carbons (Fsp3) is 0.929. The van der Waals surface area contributed by atoms with Crippen LogP contribution in [0.2, 0.25) is 0 Å². The maximum Gasteiger partial charge on any atom is 0.236 e. The van der Waals surface area contributed by atoms with E-state index in [0.29, 0.717) is 17.9 Å². The molecule has 1 amide bonds. The summed E-state index contributed by atoms with van der Waals surface area (Å²) >= 11 is 0. The predicted octanol–water partition coefficient (Wildman–Crippen LogP) is 1.29. The van der Waals surface area contributed by atoms with Crippen LogP contribution in [0.3, 0.4) is 0 Å². The van der Waals surface area contributed by atoms with Crippen LogP contribution in [0.15, 0.2) is 0 Å². The van der Waals surface area contributed by atoms with Gasteiger partial charge in [0.1, 0.15) is 0 Å². The van der Waals surface area contributed by atoms with Gasteiger partial charge < -0.3 is 15.7 Å². The molecule has 1 aliphatic carbocycles. The molecule has 0 aliphatic heterocycles. The Bertz CT molecular complexity index is 256. The number of aliphatic hydroxyl groups excluding tert-OH is 1. The lowest BCUT2D eigenvalue weighted by atomic mass is 10.0. The van der Waals surface area contributed by atoms with Gasteiger partial charge in [0.05, 0.1) is 6.04 Å². The van der Waals surface area contributed by atoms with Crippen LogP contribution in [0.1, 0.15) is 46.5 Å². The fourth-order valence-corrected chi connectivity index (χ4v) is 2.51. The van der Waals surface area contributed by atoms with Crippen molar-refractivity contribution in [1.82, 2.24) is 10.6 Å². The Labute approximate surface area is 111 Å². The molecule has 18 heavy (non-hydrogen) atoms. The molecule has 0 aromatic carbocycles. The smallest absolute Gasteiger partial charge is 0.236 e. The minimum absolute atomic E-state index is 0.0687. The number of hydrogen-bond donors (Lipinski definition) is 3. The molecule has 0 saturated heterocycles. The summed E-state index contributed by atoms with van der Waals surface area (Å²) in [6, 6.07) is 0.121. The van der Waals surface area contributed by atoms with Gasteiger partial charge in [-0.15, -0.1) is 0 Å². The van der Waals surface area contributed by atoms with E-state index in [9.17, 15) is 9.90 Å². The minimum atomic E-state index is -0.172. The first-order chi connectivity index (χ1) is 8.54. The number of amides is 1. The largest absolute Gasteiger partial charge is 0.396 e. The highest BCUT2D eigenvalue weighted by Gasteiger charge is 2.28. The van der Waals surface area contributed by atoms with Gasteiger partial charge in [-0.25, -0.2) is 0 Å². The molecule has 0 radical (unpaired) electrons. The predicted molar refractivity (Wildman–Crippen MR) is 73.3 cm³/mol. The highest BCUT2D eigenvalue weighted by Crippen LogP contribution is 2.25. The second kappa shape index (κ2) is 7.74. The molecular weight excluding hydrogens is 228 g/mol. The van der Waals surface area contributed by atoms with E-state index in [4.69, 9.17) is 0 Å². The zero-order valence-electron chi connectivity index (χ0n) is 11.9. The van der Waals surface area contributed by atoms with Crippen LogP contribution in [0.4, 0.5) is 0 Å². The summed E-state index contributed by atoms with van der Waals surface area (Å²) in [7, 11) is 0. The topological polar surface area (TPSA) is 61.4 Å². The first-order valence-electron chi connectivity index (χ1n) is 7.19. The molecule has 1 fully saturated rings. The van der Waals surface area contributed by atoms with Crippen molar-refractivity contribution in [3.63, 3.8) is 0 Å². The second-order valence-corrected chi connectivity index (χ2v) is 5.84. The lowest BCUT2D eigenvalue weighted by Crippen LogP contribution is -2.48. The summed E-state index contributed by atoms with van der Waals surface area (Å²) in [4.78, 5) is 11.9. The lowest BCUT2D eigenvalue weighted by molar-refractivity contribution is -0.123. The van der Waals surface area contributed by atoms with Gasteiger partial charge in [0, 0.05) is 19.2 Å². The highest BCUT2D eigenvalue weighted by molar-refractivity contribution is 5.81. The Kier molecular flexibility index (Phi) is 6.65. The highest BCUT2D eigenvalue weighted by atomic mass is 16.3. The van der Waals surface area contributed by atoms with Crippen LogP contribution in [-0.2, 0) is 4.79 Å². The van der Waals surface area contributed by atoms with Gasteiger partial charge in [0.2, 0.25) is 5.91 Å². The van der Waals surface area contributed by atoms with Crippen LogP contribution in [0, 0.1) is 11.8 Å². The van der Waals surface area contributed by atoms with Gasteiger partial charge >= 0.3 is 0 Å². The molecular formula is C14H28N2O2. The van der Waals surface area contributed by atoms with Crippen LogP contribution >= 0.6 is 0 Å². The number of carbonyl (C=O) groups excluding carboxylic acids is 1. The molecule has 4 heteroatoms. The SMILES string of the molecule is CC(C)CCNC(=O)C(C)NC1CCCC1CO. The molecule has 1 rings (SSSR count). The number of rotatable bonds is 7. The van der Waals surface area contributed by atoms with Crippen LogP contribution < -0.4 is 10.6 Å². The molecule has 3 N–H and O–H groups in total. The summed E-state index contributed by atoms with van der Waals surface area (Å²) in [5.74, 6) is 0.998. The number of aliphatic hydroxyl groups is 1. The fourth-order valence-electron chi connectivity index (χ4n) is 2.51. The van der Waals surface area contributed by atoms with Crippen LogP contribution in [-0.4, -0.2) is 36.2 Å². The van der Waals surface area contributed by atoms with Crippen molar-refractivity contribution in [2.75, 3.05) is 13.2 Å². The van der Waals surface area contributed by atoms with E-state index < -0.39 is 0 Å². The zero-order chi connectivity index (χ0) is 13.5. The Hall–Kier alpha value is -0.610. The zero-order valence-corrected chi connectivity index (χ0v) is 11.9. The third-order valence-corrected chi connectivity index (χ3v) is 3.77. The monoisotopic (exact) mass is 256 g/mol. The van der Waals surface area contributed by atoms with Gasteiger partial charge in [0.25, 0.3) is 0 Å². The quantitative estimate of drug-likeness (QED) is 0.643. The lowest BCUT2D eigenvalue weighted by Gasteiger charge is -2.23. The van der Waals surface area contributed by atoms with Gasteiger partial charge in [-0.2, -0.15) is 0 Å². The van der Waals surface area contributed by atoms with E-state index in [2.05, 4.69) is 24.5 Å². The maximum atomic E-state index is 11.9.